The number of amidine groups is 1. The van der Waals surface area contributed by atoms with Crippen molar-refractivity contribution in [3.63, 3.8) is 0 Å². The zero-order valence-corrected chi connectivity index (χ0v) is 16.3. The van der Waals surface area contributed by atoms with Crippen LogP contribution in [-0.4, -0.2) is 58.5 Å². The van der Waals surface area contributed by atoms with E-state index in [0.29, 0.717) is 12.6 Å². The van der Waals surface area contributed by atoms with E-state index in [1.54, 1.807) is 41.5 Å². The van der Waals surface area contributed by atoms with Crippen molar-refractivity contribution in [3.05, 3.63) is 0 Å². The van der Waals surface area contributed by atoms with Crippen molar-refractivity contribution in [1.82, 2.24) is 10.3 Å². The second-order valence-corrected chi connectivity index (χ2v) is 8.03. The van der Waals surface area contributed by atoms with Gasteiger partial charge in [-0.2, -0.15) is 0 Å². The predicted molar refractivity (Wildman–Crippen MR) is 96.3 cm³/mol. The molecule has 0 aliphatic carbocycles. The van der Waals surface area contributed by atoms with Gasteiger partial charge in [0.05, 0.1) is 11.2 Å². The Kier molecular flexibility index (Phi) is 5.68. The Morgan fingerprint density at radius 3 is 2.00 bits per heavy atom. The number of fused-ring (bicyclic) bond motifs is 1. The molecule has 150 valence electrons. The van der Waals surface area contributed by atoms with Crippen LogP contribution in [0.15, 0.2) is 4.63 Å². The van der Waals surface area contributed by atoms with Gasteiger partial charge in [-0.3, -0.25) is 24.8 Å². The maximum absolute atomic E-state index is 11.7. The lowest BCUT2D eigenvalue weighted by atomic mass is 10.1. The number of anilines is 2. The van der Waals surface area contributed by atoms with Gasteiger partial charge in [0.25, 0.3) is 0 Å². The second-order valence-electron chi connectivity index (χ2n) is 8.03. The third-order valence-electron chi connectivity index (χ3n) is 3.48. The van der Waals surface area contributed by atoms with Crippen LogP contribution in [0.5, 0.6) is 0 Å². The summed E-state index contributed by atoms with van der Waals surface area (Å²) in [6, 6.07) is 0. The highest BCUT2D eigenvalue weighted by atomic mass is 16.6. The van der Waals surface area contributed by atoms with Crippen molar-refractivity contribution in [2.45, 2.75) is 71.4 Å². The molecule has 0 bridgehead atoms. The third kappa shape index (κ3) is 4.49. The molecule has 1 aromatic rings. The number of aromatic nitrogens is 2. The van der Waals surface area contributed by atoms with Gasteiger partial charge in [0, 0.05) is 0 Å². The van der Waals surface area contributed by atoms with E-state index in [2.05, 4.69) is 10.3 Å². The number of carbonyl (C=O) groups excluding carboxylic acids is 2. The number of nitrogens with one attached hydrogen (secondary N) is 1. The topological polar surface area (TPSA) is 148 Å². The molecule has 11 heteroatoms. The fourth-order valence-electron chi connectivity index (χ4n) is 2.57. The van der Waals surface area contributed by atoms with Crippen LogP contribution in [0, 0.1) is 5.41 Å². The highest BCUT2D eigenvalue weighted by Gasteiger charge is 2.45. The molecule has 11 nitrogen and oxygen atoms in total. The zero-order chi connectivity index (χ0) is 20.6. The largest absolute Gasteiger partial charge is 0.345 e. The van der Waals surface area contributed by atoms with E-state index in [1.165, 1.54) is 9.80 Å². The number of carbonyl (C=O) groups is 2. The summed E-state index contributed by atoms with van der Waals surface area (Å²) in [6.07, 6.45) is -2.37. The van der Waals surface area contributed by atoms with Crippen LogP contribution in [0.4, 0.5) is 11.6 Å². The lowest BCUT2D eigenvalue weighted by molar-refractivity contribution is -0.128. The lowest BCUT2D eigenvalue weighted by Crippen LogP contribution is -2.65. The number of aldehydes is 2. The first-order valence-electron chi connectivity index (χ1n) is 8.40. The summed E-state index contributed by atoms with van der Waals surface area (Å²) >= 11 is 0. The molecule has 0 fully saturated rings. The summed E-state index contributed by atoms with van der Waals surface area (Å²) in [4.78, 5) is 25.8. The summed E-state index contributed by atoms with van der Waals surface area (Å²) in [5.74, 6) is -0.111. The quantitative estimate of drug-likeness (QED) is 0.671. The third-order valence-corrected chi connectivity index (χ3v) is 3.48. The first-order valence-corrected chi connectivity index (χ1v) is 8.40. The minimum atomic E-state index is -1.17. The Labute approximate surface area is 157 Å². The van der Waals surface area contributed by atoms with Crippen LogP contribution in [0.1, 0.15) is 41.5 Å². The van der Waals surface area contributed by atoms with E-state index in [4.69, 9.17) is 25.2 Å². The Morgan fingerprint density at radius 1 is 1.04 bits per heavy atom. The van der Waals surface area contributed by atoms with Gasteiger partial charge in [-0.25, -0.2) is 4.63 Å². The molecule has 1 aliphatic rings. The number of ether oxygens (including phenoxy) is 2. The van der Waals surface area contributed by atoms with Gasteiger partial charge in [-0.15, -0.1) is 0 Å². The van der Waals surface area contributed by atoms with Crippen molar-refractivity contribution in [2.24, 2.45) is 5.73 Å². The van der Waals surface area contributed by atoms with E-state index in [9.17, 15) is 9.59 Å². The molecule has 3 atom stereocenters. The van der Waals surface area contributed by atoms with Gasteiger partial charge >= 0.3 is 0 Å². The van der Waals surface area contributed by atoms with Crippen LogP contribution < -0.4 is 15.5 Å². The molecular weight excluding hydrogens is 356 g/mol. The van der Waals surface area contributed by atoms with Gasteiger partial charge in [0.2, 0.25) is 11.6 Å². The highest BCUT2D eigenvalue weighted by molar-refractivity contribution is 6.07. The lowest BCUT2D eigenvalue weighted by Gasteiger charge is -2.44. The first kappa shape index (κ1) is 20.9. The van der Waals surface area contributed by atoms with Crippen LogP contribution in [-0.2, 0) is 19.1 Å². The SMILES string of the molecule is CC(C)(C)OC(C=O)N1C(=N)C(N)N(C(C=O)OC(C)(C)C)c2nonc21. The summed E-state index contributed by atoms with van der Waals surface area (Å²) in [7, 11) is 0. The molecule has 3 unspecified atom stereocenters. The average Bonchev–Trinajstić information content (AvgIpc) is 2.99. The molecule has 0 saturated carbocycles. The number of nitrogens with zero attached hydrogens (tertiary/aromatic N) is 4. The van der Waals surface area contributed by atoms with Gasteiger partial charge in [-0.05, 0) is 51.9 Å². The number of hydrogen-bond acceptors (Lipinski definition) is 10. The maximum atomic E-state index is 11.7. The Morgan fingerprint density at radius 2 is 1.52 bits per heavy atom. The molecule has 2 rings (SSSR count). The van der Waals surface area contributed by atoms with Gasteiger partial charge < -0.3 is 15.2 Å². The monoisotopic (exact) mass is 382 g/mol. The summed E-state index contributed by atoms with van der Waals surface area (Å²) in [5, 5.41) is 16.0. The van der Waals surface area contributed by atoms with Crippen LogP contribution >= 0.6 is 0 Å². The minimum Gasteiger partial charge on any atom is -0.345 e. The van der Waals surface area contributed by atoms with Crippen molar-refractivity contribution in [3.8, 4) is 0 Å². The molecule has 0 amide bonds. The van der Waals surface area contributed by atoms with Crippen molar-refractivity contribution in [2.75, 3.05) is 9.80 Å². The Hall–Kier alpha value is -2.37. The fourth-order valence-corrected chi connectivity index (χ4v) is 2.57. The molecule has 1 aliphatic heterocycles. The molecule has 0 saturated heterocycles. The molecule has 3 N–H and O–H groups in total. The molecule has 2 heterocycles. The molecule has 27 heavy (non-hydrogen) atoms. The summed E-state index contributed by atoms with van der Waals surface area (Å²) < 4.78 is 16.2. The molecule has 0 aromatic carbocycles. The van der Waals surface area contributed by atoms with E-state index in [1.807, 2.05) is 0 Å². The first-order chi connectivity index (χ1) is 12.4. The summed E-state index contributed by atoms with van der Waals surface area (Å²) in [6.45, 7) is 10.6. The van der Waals surface area contributed by atoms with Crippen molar-refractivity contribution >= 4 is 30.0 Å². The van der Waals surface area contributed by atoms with Crippen LogP contribution in [0.2, 0.25) is 0 Å². The van der Waals surface area contributed by atoms with Crippen molar-refractivity contribution < 1.29 is 23.7 Å². The van der Waals surface area contributed by atoms with Gasteiger partial charge in [-0.1, -0.05) is 0 Å². The Bertz CT molecular complexity index is 707. The molecule has 0 spiro atoms. The number of rotatable bonds is 6. The molecule has 0 radical (unpaired) electrons. The normalized spacial score (nSPS) is 20.3. The standard InChI is InChI=1S/C16H26N6O5/c1-15(2,3)25-9(7-23)21-11(17)12(18)22(14-13(21)19-27-20-14)10(8-24)26-16(4,5)6/h7-11,18H,17H2,1-6H3. The summed E-state index contributed by atoms with van der Waals surface area (Å²) in [5.41, 5.74) is 4.84. The average molecular weight is 382 g/mol. The van der Waals surface area contributed by atoms with Crippen LogP contribution in [0.25, 0.3) is 0 Å². The second kappa shape index (κ2) is 7.33. The van der Waals surface area contributed by atoms with E-state index >= 15 is 0 Å². The Balaban J connectivity index is 2.47. The zero-order valence-electron chi connectivity index (χ0n) is 16.3. The molecular formula is C16H26N6O5. The van der Waals surface area contributed by atoms with Crippen molar-refractivity contribution in [1.29, 1.82) is 5.41 Å². The van der Waals surface area contributed by atoms with Crippen LogP contribution in [0.3, 0.4) is 0 Å². The van der Waals surface area contributed by atoms with E-state index in [0.717, 1.165) is 0 Å². The highest BCUT2D eigenvalue weighted by Crippen LogP contribution is 2.35. The van der Waals surface area contributed by atoms with E-state index < -0.39 is 29.8 Å². The smallest absolute Gasteiger partial charge is 0.226 e. The minimum absolute atomic E-state index is 0.0346. The fraction of sp³-hybridized carbons (Fsp3) is 0.688. The van der Waals surface area contributed by atoms with E-state index in [-0.39, 0.29) is 17.5 Å². The predicted octanol–water partition coefficient (Wildman–Crippen LogP) is 0.638. The maximum Gasteiger partial charge on any atom is 0.226 e. The number of nitrogens with two attached hydrogens (primary N) is 1. The van der Waals surface area contributed by atoms with Gasteiger partial charge in [0.1, 0.15) is 12.0 Å². The van der Waals surface area contributed by atoms with Gasteiger partial charge in [0.15, 0.2) is 25.0 Å². The number of hydrogen-bond donors (Lipinski definition) is 2. The molecule has 1 aromatic heterocycles.